The highest BCUT2D eigenvalue weighted by Gasteiger charge is 2.22. The van der Waals surface area contributed by atoms with Gasteiger partial charge in [-0.05, 0) is 19.4 Å². The van der Waals surface area contributed by atoms with Gasteiger partial charge in [0.15, 0.2) is 0 Å². The lowest BCUT2D eigenvalue weighted by atomic mass is 10.1. The average molecular weight is 223 g/mol. The van der Waals surface area contributed by atoms with Crippen LogP contribution in [0.25, 0.3) is 0 Å². The Labute approximate surface area is 100 Å². The Kier molecular flexibility index (Phi) is 6.44. The van der Waals surface area contributed by atoms with Crippen LogP contribution in [0.2, 0.25) is 0 Å². The van der Waals surface area contributed by atoms with E-state index in [2.05, 4.69) is 29.7 Å². The first-order valence-corrected chi connectivity index (χ1v) is 6.67. The Hall–Kier alpha value is -0.590. The fourth-order valence-electron chi connectivity index (χ4n) is 2.28. The summed E-state index contributed by atoms with van der Waals surface area (Å²) in [4.78, 5) is 4.88. The van der Waals surface area contributed by atoms with E-state index in [4.69, 9.17) is 5.26 Å². The minimum Gasteiger partial charge on any atom is -0.301 e. The standard InChI is InChI=1S/C13H25N3/c1-3-5-7-15-8-10-16(11-9-15)13(12-14)6-4-2/h13H,3-11H2,1-2H3. The smallest absolute Gasteiger partial charge is 0.0978 e. The van der Waals surface area contributed by atoms with E-state index < -0.39 is 0 Å². The van der Waals surface area contributed by atoms with E-state index in [-0.39, 0.29) is 6.04 Å². The molecular formula is C13H25N3. The van der Waals surface area contributed by atoms with Crippen LogP contribution in [0.15, 0.2) is 0 Å². The highest BCUT2D eigenvalue weighted by Crippen LogP contribution is 2.10. The third kappa shape index (κ3) is 4.11. The zero-order chi connectivity index (χ0) is 11.8. The quantitative estimate of drug-likeness (QED) is 0.691. The first kappa shape index (κ1) is 13.5. The van der Waals surface area contributed by atoms with Crippen LogP contribution in [-0.2, 0) is 0 Å². The van der Waals surface area contributed by atoms with Crippen LogP contribution in [0.4, 0.5) is 0 Å². The van der Waals surface area contributed by atoms with Crippen LogP contribution in [0.5, 0.6) is 0 Å². The van der Waals surface area contributed by atoms with Gasteiger partial charge in [-0.3, -0.25) is 4.90 Å². The van der Waals surface area contributed by atoms with E-state index in [9.17, 15) is 0 Å². The SMILES string of the molecule is CCCCN1CCN(C(C#N)CCC)CC1. The fraction of sp³-hybridized carbons (Fsp3) is 0.923. The summed E-state index contributed by atoms with van der Waals surface area (Å²) < 4.78 is 0. The molecule has 1 heterocycles. The summed E-state index contributed by atoms with van der Waals surface area (Å²) in [7, 11) is 0. The van der Waals surface area contributed by atoms with Gasteiger partial charge in [0.2, 0.25) is 0 Å². The molecule has 0 radical (unpaired) electrons. The lowest BCUT2D eigenvalue weighted by Gasteiger charge is -2.36. The van der Waals surface area contributed by atoms with Gasteiger partial charge in [0.1, 0.15) is 0 Å². The van der Waals surface area contributed by atoms with E-state index in [1.54, 1.807) is 0 Å². The predicted molar refractivity (Wildman–Crippen MR) is 67.2 cm³/mol. The molecule has 0 amide bonds. The maximum Gasteiger partial charge on any atom is 0.0978 e. The van der Waals surface area contributed by atoms with Crippen LogP contribution < -0.4 is 0 Å². The molecule has 1 saturated heterocycles. The highest BCUT2D eigenvalue weighted by atomic mass is 15.3. The average Bonchev–Trinajstić information content (AvgIpc) is 2.34. The summed E-state index contributed by atoms with van der Waals surface area (Å²) in [5.41, 5.74) is 0. The van der Waals surface area contributed by atoms with Crippen LogP contribution in [-0.4, -0.2) is 48.6 Å². The molecule has 92 valence electrons. The zero-order valence-electron chi connectivity index (χ0n) is 10.8. The number of nitrogens with zero attached hydrogens (tertiary/aromatic N) is 3. The first-order valence-electron chi connectivity index (χ1n) is 6.67. The van der Waals surface area contributed by atoms with Gasteiger partial charge in [0, 0.05) is 26.2 Å². The van der Waals surface area contributed by atoms with Crippen molar-refractivity contribution in [1.82, 2.24) is 9.80 Å². The summed E-state index contributed by atoms with van der Waals surface area (Å²) in [6, 6.07) is 2.59. The van der Waals surface area contributed by atoms with Crippen molar-refractivity contribution in [2.75, 3.05) is 32.7 Å². The van der Waals surface area contributed by atoms with E-state index in [1.807, 2.05) is 0 Å². The summed E-state index contributed by atoms with van der Waals surface area (Å²) in [5.74, 6) is 0. The van der Waals surface area contributed by atoms with Crippen molar-refractivity contribution in [3.05, 3.63) is 0 Å². The van der Waals surface area contributed by atoms with Gasteiger partial charge >= 0.3 is 0 Å². The van der Waals surface area contributed by atoms with Gasteiger partial charge in [0.05, 0.1) is 12.1 Å². The molecule has 0 aromatic carbocycles. The van der Waals surface area contributed by atoms with Crippen LogP contribution >= 0.6 is 0 Å². The lowest BCUT2D eigenvalue weighted by Crippen LogP contribution is -2.50. The maximum absolute atomic E-state index is 9.11. The molecule has 1 aliphatic heterocycles. The topological polar surface area (TPSA) is 30.3 Å². The molecule has 3 nitrogen and oxygen atoms in total. The Balaban J connectivity index is 2.28. The summed E-state index contributed by atoms with van der Waals surface area (Å²) in [6.07, 6.45) is 4.70. The zero-order valence-corrected chi connectivity index (χ0v) is 10.8. The molecule has 1 atom stereocenters. The van der Waals surface area contributed by atoms with E-state index in [0.717, 1.165) is 39.0 Å². The molecule has 16 heavy (non-hydrogen) atoms. The predicted octanol–water partition coefficient (Wildman–Crippen LogP) is 2.10. The molecule has 1 aliphatic rings. The van der Waals surface area contributed by atoms with Crippen molar-refractivity contribution in [2.45, 2.75) is 45.6 Å². The molecule has 0 N–H and O–H groups in total. The Morgan fingerprint density at radius 1 is 1.12 bits per heavy atom. The molecule has 1 fully saturated rings. The monoisotopic (exact) mass is 223 g/mol. The minimum absolute atomic E-state index is 0.151. The van der Waals surface area contributed by atoms with Crippen LogP contribution in [0, 0.1) is 11.3 Å². The summed E-state index contributed by atoms with van der Waals surface area (Å²) in [6.45, 7) is 10.0. The number of piperazine rings is 1. The van der Waals surface area contributed by atoms with Gasteiger partial charge in [-0.1, -0.05) is 26.7 Å². The minimum atomic E-state index is 0.151. The van der Waals surface area contributed by atoms with Crippen molar-refractivity contribution in [1.29, 1.82) is 5.26 Å². The number of unbranched alkanes of at least 4 members (excludes halogenated alkanes) is 1. The van der Waals surface area contributed by atoms with Crippen molar-refractivity contribution < 1.29 is 0 Å². The second kappa shape index (κ2) is 7.65. The van der Waals surface area contributed by atoms with Gasteiger partial charge in [-0.25, -0.2) is 0 Å². The van der Waals surface area contributed by atoms with Crippen molar-refractivity contribution in [3.8, 4) is 6.07 Å². The van der Waals surface area contributed by atoms with Gasteiger partial charge < -0.3 is 4.90 Å². The third-order valence-corrected chi connectivity index (χ3v) is 3.39. The van der Waals surface area contributed by atoms with Gasteiger partial charge in [0.25, 0.3) is 0 Å². The number of hydrogen-bond acceptors (Lipinski definition) is 3. The molecule has 3 heteroatoms. The van der Waals surface area contributed by atoms with Crippen molar-refractivity contribution in [3.63, 3.8) is 0 Å². The molecule has 1 rings (SSSR count). The van der Waals surface area contributed by atoms with E-state index >= 15 is 0 Å². The second-order valence-electron chi connectivity index (χ2n) is 4.66. The van der Waals surface area contributed by atoms with Crippen molar-refractivity contribution in [2.24, 2.45) is 0 Å². The fourth-order valence-corrected chi connectivity index (χ4v) is 2.28. The molecule has 0 aliphatic carbocycles. The Morgan fingerprint density at radius 2 is 1.81 bits per heavy atom. The van der Waals surface area contributed by atoms with E-state index in [1.165, 1.54) is 19.4 Å². The maximum atomic E-state index is 9.11. The van der Waals surface area contributed by atoms with Crippen LogP contribution in [0.3, 0.4) is 0 Å². The second-order valence-corrected chi connectivity index (χ2v) is 4.66. The van der Waals surface area contributed by atoms with Gasteiger partial charge in [-0.2, -0.15) is 5.26 Å². The first-order chi connectivity index (χ1) is 7.81. The normalized spacial score (nSPS) is 20.6. The molecule has 0 aromatic heterocycles. The molecule has 0 saturated carbocycles. The highest BCUT2D eigenvalue weighted by molar-refractivity contribution is 4.93. The number of hydrogen-bond donors (Lipinski definition) is 0. The van der Waals surface area contributed by atoms with Crippen LogP contribution in [0.1, 0.15) is 39.5 Å². The molecular weight excluding hydrogens is 198 g/mol. The Bertz CT molecular complexity index is 214. The third-order valence-electron chi connectivity index (χ3n) is 3.39. The van der Waals surface area contributed by atoms with Crippen molar-refractivity contribution >= 4 is 0 Å². The van der Waals surface area contributed by atoms with E-state index in [0.29, 0.717) is 0 Å². The summed E-state index contributed by atoms with van der Waals surface area (Å²) >= 11 is 0. The molecule has 0 spiro atoms. The number of rotatable bonds is 6. The van der Waals surface area contributed by atoms with Gasteiger partial charge in [-0.15, -0.1) is 0 Å². The largest absolute Gasteiger partial charge is 0.301 e. The molecule has 0 aromatic rings. The lowest BCUT2D eigenvalue weighted by molar-refractivity contribution is 0.110. The molecule has 1 unspecified atom stereocenters. The molecule has 0 bridgehead atoms. The Morgan fingerprint density at radius 3 is 2.31 bits per heavy atom. The number of nitriles is 1. The summed E-state index contributed by atoms with van der Waals surface area (Å²) in [5, 5.41) is 9.11.